The van der Waals surface area contributed by atoms with Crippen LogP contribution in [0.3, 0.4) is 0 Å². The molecule has 0 aliphatic carbocycles. The van der Waals surface area contributed by atoms with Gasteiger partial charge in [-0.3, -0.25) is 0 Å². The maximum absolute atomic E-state index is 9.48. The predicted octanol–water partition coefficient (Wildman–Crippen LogP) is 2.31. The second kappa shape index (κ2) is 6.54. The van der Waals surface area contributed by atoms with Crippen LogP contribution in [0.5, 0.6) is 0 Å². The van der Waals surface area contributed by atoms with Gasteiger partial charge in [-0.05, 0) is 12.1 Å². The third kappa shape index (κ3) is 3.45. The van der Waals surface area contributed by atoms with Crippen LogP contribution in [0.1, 0.15) is 12.7 Å². The number of halogens is 1. The summed E-state index contributed by atoms with van der Waals surface area (Å²) in [6, 6.07) is 7.58. The van der Waals surface area contributed by atoms with Gasteiger partial charge in [0.2, 0.25) is 0 Å². The zero-order chi connectivity index (χ0) is 13.7. The fourth-order valence-corrected chi connectivity index (χ4v) is 1.72. The maximum Gasteiger partial charge on any atom is 0.260 e. The Labute approximate surface area is 116 Å². The van der Waals surface area contributed by atoms with Crippen LogP contribution in [0, 0.1) is 0 Å². The van der Waals surface area contributed by atoms with Crippen LogP contribution in [0.4, 0.5) is 5.69 Å². The van der Waals surface area contributed by atoms with E-state index >= 15 is 0 Å². The molecule has 1 aromatic heterocycles. The van der Waals surface area contributed by atoms with Gasteiger partial charge >= 0.3 is 0 Å². The number of hydrogen-bond acceptors (Lipinski definition) is 5. The number of rotatable bonds is 6. The molecule has 2 aromatic rings. The molecule has 0 amide bonds. The third-order valence-corrected chi connectivity index (χ3v) is 3.00. The van der Waals surface area contributed by atoms with E-state index in [-0.39, 0.29) is 5.88 Å². The molecule has 0 saturated carbocycles. The summed E-state index contributed by atoms with van der Waals surface area (Å²) < 4.78 is 5.23. The van der Waals surface area contributed by atoms with Gasteiger partial charge in [0.15, 0.2) is 5.82 Å². The molecule has 0 aliphatic rings. The number of alkyl halides is 1. The number of nitrogens with zero attached hydrogens (tertiary/aromatic N) is 2. The fourth-order valence-electron chi connectivity index (χ4n) is 1.61. The summed E-state index contributed by atoms with van der Waals surface area (Å²) in [7, 11) is 0. The van der Waals surface area contributed by atoms with Crippen molar-refractivity contribution in [2.45, 2.75) is 19.4 Å². The lowest BCUT2D eigenvalue weighted by atomic mass is 10.1. The Morgan fingerprint density at radius 2 is 2.21 bits per heavy atom. The van der Waals surface area contributed by atoms with Gasteiger partial charge in [-0.1, -0.05) is 24.2 Å². The van der Waals surface area contributed by atoms with Crippen LogP contribution in [-0.2, 0) is 6.42 Å². The normalized spacial score (nSPS) is 12.4. The average molecular weight is 282 g/mol. The number of hydrogen-bond donors (Lipinski definition) is 2. The van der Waals surface area contributed by atoms with E-state index < -0.39 is 6.10 Å². The fraction of sp³-hybridized carbons (Fsp3) is 0.385. The largest absolute Gasteiger partial charge is 0.390 e. The van der Waals surface area contributed by atoms with Gasteiger partial charge in [0.25, 0.3) is 5.89 Å². The number of aromatic nitrogens is 2. The summed E-state index contributed by atoms with van der Waals surface area (Å²) in [6.45, 7) is 2.34. The van der Waals surface area contributed by atoms with Crippen LogP contribution >= 0.6 is 11.6 Å². The lowest BCUT2D eigenvalue weighted by Gasteiger charge is -2.12. The van der Waals surface area contributed by atoms with E-state index in [4.69, 9.17) is 16.1 Å². The van der Waals surface area contributed by atoms with E-state index in [0.29, 0.717) is 18.3 Å². The van der Waals surface area contributed by atoms with Gasteiger partial charge in [0.05, 0.1) is 17.5 Å². The molecule has 1 heterocycles. The van der Waals surface area contributed by atoms with Gasteiger partial charge in [0, 0.05) is 18.7 Å². The van der Waals surface area contributed by atoms with Crippen molar-refractivity contribution in [3.63, 3.8) is 0 Å². The summed E-state index contributed by atoms with van der Waals surface area (Å²) >= 11 is 5.57. The summed E-state index contributed by atoms with van der Waals surface area (Å²) in [5, 5.41) is 16.5. The lowest BCUT2D eigenvalue weighted by Crippen LogP contribution is -2.21. The first-order valence-electron chi connectivity index (χ1n) is 6.14. The SMILES string of the molecule is CCc1noc(-c2ccccc2NCC(O)CCl)n1. The molecule has 0 saturated heterocycles. The molecule has 5 nitrogen and oxygen atoms in total. The van der Waals surface area contributed by atoms with Crippen LogP contribution in [0.25, 0.3) is 11.5 Å². The zero-order valence-electron chi connectivity index (χ0n) is 10.6. The van der Waals surface area contributed by atoms with E-state index in [1.54, 1.807) is 0 Å². The highest BCUT2D eigenvalue weighted by Crippen LogP contribution is 2.26. The summed E-state index contributed by atoms with van der Waals surface area (Å²) in [4.78, 5) is 4.30. The van der Waals surface area contributed by atoms with Crippen molar-refractivity contribution >= 4 is 17.3 Å². The highest BCUT2D eigenvalue weighted by atomic mass is 35.5. The Morgan fingerprint density at radius 3 is 2.89 bits per heavy atom. The second-order valence-electron chi connectivity index (χ2n) is 4.10. The first kappa shape index (κ1) is 13.8. The highest BCUT2D eigenvalue weighted by Gasteiger charge is 2.12. The monoisotopic (exact) mass is 281 g/mol. The highest BCUT2D eigenvalue weighted by molar-refractivity contribution is 6.18. The predicted molar refractivity (Wildman–Crippen MR) is 74.3 cm³/mol. The second-order valence-corrected chi connectivity index (χ2v) is 4.41. The summed E-state index contributed by atoms with van der Waals surface area (Å²) in [6.07, 6.45) is 0.132. The average Bonchev–Trinajstić information content (AvgIpc) is 2.93. The lowest BCUT2D eigenvalue weighted by molar-refractivity contribution is 0.211. The molecule has 6 heteroatoms. The van der Waals surface area contributed by atoms with Gasteiger partial charge < -0.3 is 14.9 Å². The van der Waals surface area contributed by atoms with Gasteiger partial charge in [-0.2, -0.15) is 4.98 Å². The van der Waals surface area contributed by atoms with Crippen LogP contribution < -0.4 is 5.32 Å². The Balaban J connectivity index is 2.20. The molecular weight excluding hydrogens is 266 g/mol. The summed E-state index contributed by atoms with van der Waals surface area (Å²) in [5.74, 6) is 1.33. The van der Waals surface area contributed by atoms with Crippen molar-refractivity contribution < 1.29 is 9.63 Å². The molecule has 1 atom stereocenters. The molecule has 0 aliphatic heterocycles. The van der Waals surface area contributed by atoms with Crippen LogP contribution in [-0.4, -0.2) is 33.8 Å². The molecule has 102 valence electrons. The van der Waals surface area contributed by atoms with Crippen molar-refractivity contribution in [1.82, 2.24) is 10.1 Å². The molecule has 0 spiro atoms. The topological polar surface area (TPSA) is 71.2 Å². The van der Waals surface area contributed by atoms with Crippen LogP contribution in [0.2, 0.25) is 0 Å². The number of nitrogens with one attached hydrogen (secondary N) is 1. The first-order chi connectivity index (χ1) is 9.24. The van der Waals surface area contributed by atoms with Gasteiger partial charge in [0.1, 0.15) is 0 Å². The van der Waals surface area contributed by atoms with E-state index in [0.717, 1.165) is 17.7 Å². The molecule has 0 fully saturated rings. The molecule has 19 heavy (non-hydrogen) atoms. The van der Waals surface area contributed by atoms with Crippen molar-refractivity contribution in [2.75, 3.05) is 17.7 Å². The van der Waals surface area contributed by atoms with E-state index in [1.165, 1.54) is 0 Å². The number of aliphatic hydroxyl groups is 1. The minimum Gasteiger partial charge on any atom is -0.390 e. The van der Waals surface area contributed by atoms with E-state index in [1.807, 2.05) is 31.2 Å². The number of anilines is 1. The number of aliphatic hydroxyl groups excluding tert-OH is 1. The van der Waals surface area contributed by atoms with Crippen molar-refractivity contribution in [3.05, 3.63) is 30.1 Å². The molecular formula is C13H16ClN3O2. The standard InChI is InChI=1S/C13H16ClN3O2/c1-2-12-16-13(19-17-12)10-5-3-4-6-11(10)15-8-9(18)7-14/h3-6,9,15,18H,2,7-8H2,1H3. The van der Waals surface area contributed by atoms with Crippen molar-refractivity contribution in [1.29, 1.82) is 0 Å². The minimum absolute atomic E-state index is 0.190. The van der Waals surface area contributed by atoms with Crippen molar-refractivity contribution in [3.8, 4) is 11.5 Å². The molecule has 1 unspecified atom stereocenters. The Morgan fingerprint density at radius 1 is 1.42 bits per heavy atom. The van der Waals surface area contributed by atoms with Crippen molar-refractivity contribution in [2.24, 2.45) is 0 Å². The van der Waals surface area contributed by atoms with Crippen LogP contribution in [0.15, 0.2) is 28.8 Å². The van der Waals surface area contributed by atoms with Gasteiger partial charge in [-0.25, -0.2) is 0 Å². The van der Waals surface area contributed by atoms with E-state index in [9.17, 15) is 5.11 Å². The molecule has 0 bridgehead atoms. The smallest absolute Gasteiger partial charge is 0.260 e. The van der Waals surface area contributed by atoms with Gasteiger partial charge in [-0.15, -0.1) is 11.6 Å². The maximum atomic E-state index is 9.48. The quantitative estimate of drug-likeness (QED) is 0.795. The number of aryl methyl sites for hydroxylation is 1. The van der Waals surface area contributed by atoms with E-state index in [2.05, 4.69) is 15.5 Å². The Bertz CT molecular complexity index is 530. The molecule has 1 aromatic carbocycles. The minimum atomic E-state index is -0.594. The zero-order valence-corrected chi connectivity index (χ0v) is 11.4. The molecule has 2 N–H and O–H groups in total. The summed E-state index contributed by atoms with van der Waals surface area (Å²) in [5.41, 5.74) is 1.65. The Kier molecular flexibility index (Phi) is 4.76. The number of benzene rings is 1. The third-order valence-electron chi connectivity index (χ3n) is 2.65. The Hall–Kier alpha value is -1.59. The first-order valence-corrected chi connectivity index (χ1v) is 6.68. The molecule has 0 radical (unpaired) electrons. The number of para-hydroxylation sites is 1. The molecule has 2 rings (SSSR count).